The van der Waals surface area contributed by atoms with Gasteiger partial charge in [0.05, 0.1) is 5.25 Å². The van der Waals surface area contributed by atoms with Gasteiger partial charge in [-0.15, -0.1) is 0 Å². The quantitative estimate of drug-likeness (QED) is 0.879. The fourth-order valence-electron chi connectivity index (χ4n) is 4.69. The molecule has 3 atom stereocenters. The van der Waals surface area contributed by atoms with Crippen molar-refractivity contribution in [3.05, 3.63) is 35.9 Å². The Morgan fingerprint density at radius 1 is 1.12 bits per heavy atom. The van der Waals surface area contributed by atoms with E-state index in [1.54, 1.807) is 4.31 Å². The maximum Gasteiger partial charge on any atom is 0.253 e. The number of nitrogens with one attached hydrogen (secondary N) is 1. The van der Waals surface area contributed by atoms with Gasteiger partial charge in [-0.1, -0.05) is 30.3 Å². The van der Waals surface area contributed by atoms with Gasteiger partial charge in [-0.05, 0) is 31.6 Å². The summed E-state index contributed by atoms with van der Waals surface area (Å²) in [5.74, 6) is 0.777. The topological polar surface area (TPSA) is 78.8 Å². The van der Waals surface area contributed by atoms with Crippen molar-refractivity contribution < 1.29 is 13.2 Å². The summed E-state index contributed by atoms with van der Waals surface area (Å²) in [7, 11) is -3.18. The molecule has 2 aliphatic heterocycles. The third-order valence-corrected chi connectivity index (χ3v) is 8.54. The van der Waals surface area contributed by atoms with E-state index in [0.717, 1.165) is 24.8 Å². The Morgan fingerprint density at radius 3 is 2.60 bits per heavy atom. The highest BCUT2D eigenvalue weighted by Gasteiger charge is 2.61. The van der Waals surface area contributed by atoms with Gasteiger partial charge in [0.1, 0.15) is 11.4 Å². The van der Waals surface area contributed by atoms with E-state index >= 15 is 0 Å². The van der Waals surface area contributed by atoms with Crippen LogP contribution in [-0.4, -0.2) is 48.3 Å². The number of rotatable bonds is 3. The summed E-state index contributed by atoms with van der Waals surface area (Å²) in [4.78, 5) is 17.7. The predicted octanol–water partition coefficient (Wildman–Crippen LogP) is 1.14. The first kappa shape index (κ1) is 15.5. The van der Waals surface area contributed by atoms with Crippen molar-refractivity contribution in [3.8, 4) is 0 Å². The Balaban J connectivity index is 1.46. The Kier molecular flexibility index (Phi) is 3.19. The first-order valence-corrected chi connectivity index (χ1v) is 10.5. The molecule has 0 aromatic heterocycles. The van der Waals surface area contributed by atoms with Gasteiger partial charge < -0.3 is 5.32 Å². The summed E-state index contributed by atoms with van der Waals surface area (Å²) in [5, 5.41) is 2.76. The number of fused-ring (bicyclic) bond motifs is 2. The minimum atomic E-state index is -3.18. The summed E-state index contributed by atoms with van der Waals surface area (Å²) < 4.78 is 26.8. The Hall–Kier alpha value is -1.73. The second-order valence-electron chi connectivity index (χ2n) is 7.67. The van der Waals surface area contributed by atoms with Crippen LogP contribution >= 0.6 is 0 Å². The monoisotopic (exact) mass is 359 g/mol. The maximum absolute atomic E-state index is 12.8. The van der Waals surface area contributed by atoms with Crippen molar-refractivity contribution in [3.63, 3.8) is 0 Å². The van der Waals surface area contributed by atoms with Gasteiger partial charge in [0, 0.05) is 24.6 Å². The minimum absolute atomic E-state index is 0.0118. The van der Waals surface area contributed by atoms with E-state index in [-0.39, 0.29) is 23.0 Å². The van der Waals surface area contributed by atoms with Crippen molar-refractivity contribution in [2.45, 2.75) is 36.5 Å². The number of benzene rings is 1. The van der Waals surface area contributed by atoms with Crippen LogP contribution in [0.3, 0.4) is 0 Å². The lowest BCUT2D eigenvalue weighted by atomic mass is 9.85. The molecule has 1 aromatic rings. The molecule has 3 fully saturated rings. The SMILES string of the molecule is O=C1NC(c2ccccc2)=N[C@@]12CC[C@@H]1CN(S(=O)(=O)C3CC3)C[C@@H]12. The third kappa shape index (κ3) is 2.22. The van der Waals surface area contributed by atoms with Crippen molar-refractivity contribution >= 4 is 21.8 Å². The van der Waals surface area contributed by atoms with E-state index in [2.05, 4.69) is 5.32 Å². The molecule has 1 spiro atoms. The molecule has 0 unspecified atom stereocenters. The highest BCUT2D eigenvalue weighted by molar-refractivity contribution is 7.90. The van der Waals surface area contributed by atoms with Crippen LogP contribution in [-0.2, 0) is 14.8 Å². The summed E-state index contributed by atoms with van der Waals surface area (Å²) >= 11 is 0. The summed E-state index contributed by atoms with van der Waals surface area (Å²) in [6.07, 6.45) is 3.12. The molecule has 2 aliphatic carbocycles. The van der Waals surface area contributed by atoms with Crippen LogP contribution in [0.5, 0.6) is 0 Å². The molecule has 2 heterocycles. The van der Waals surface area contributed by atoms with Gasteiger partial charge >= 0.3 is 0 Å². The molecule has 1 amide bonds. The lowest BCUT2D eigenvalue weighted by molar-refractivity contribution is -0.124. The first-order chi connectivity index (χ1) is 12.0. The summed E-state index contributed by atoms with van der Waals surface area (Å²) in [6, 6.07) is 9.64. The van der Waals surface area contributed by atoms with Crippen LogP contribution in [0.1, 0.15) is 31.2 Å². The average molecular weight is 359 g/mol. The fourth-order valence-corrected chi connectivity index (χ4v) is 6.61. The molecule has 0 bridgehead atoms. The van der Waals surface area contributed by atoms with E-state index in [1.807, 2.05) is 30.3 Å². The molecule has 1 aromatic carbocycles. The van der Waals surface area contributed by atoms with Gasteiger partial charge in [-0.3, -0.25) is 9.79 Å². The summed E-state index contributed by atoms with van der Waals surface area (Å²) in [5.41, 5.74) is 0.112. The molecule has 4 aliphatic rings. The van der Waals surface area contributed by atoms with Crippen LogP contribution < -0.4 is 5.32 Å². The minimum Gasteiger partial charge on any atom is -0.308 e. The van der Waals surface area contributed by atoms with E-state index < -0.39 is 15.6 Å². The average Bonchev–Trinajstić information content (AvgIpc) is 3.18. The zero-order chi connectivity index (χ0) is 17.2. The van der Waals surface area contributed by atoms with Crippen molar-refractivity contribution in [2.75, 3.05) is 13.1 Å². The Labute approximate surface area is 147 Å². The molecule has 0 radical (unpaired) electrons. The number of carbonyl (C=O) groups is 1. The molecule has 132 valence electrons. The molecule has 2 saturated carbocycles. The molecule has 5 rings (SSSR count). The van der Waals surface area contributed by atoms with E-state index in [0.29, 0.717) is 25.3 Å². The second-order valence-corrected chi connectivity index (χ2v) is 9.88. The Morgan fingerprint density at radius 2 is 1.88 bits per heavy atom. The molecule has 1 saturated heterocycles. The number of hydrogen-bond acceptors (Lipinski definition) is 4. The van der Waals surface area contributed by atoms with E-state index in [9.17, 15) is 13.2 Å². The van der Waals surface area contributed by atoms with Crippen molar-refractivity contribution in [2.24, 2.45) is 16.8 Å². The highest BCUT2D eigenvalue weighted by atomic mass is 32.2. The van der Waals surface area contributed by atoms with Crippen LogP contribution in [0.25, 0.3) is 0 Å². The number of amides is 1. The van der Waals surface area contributed by atoms with Gasteiger partial charge in [0.25, 0.3) is 5.91 Å². The van der Waals surface area contributed by atoms with Crippen molar-refractivity contribution in [1.82, 2.24) is 9.62 Å². The molecule has 6 nitrogen and oxygen atoms in total. The number of amidine groups is 1. The fraction of sp³-hybridized carbons (Fsp3) is 0.556. The summed E-state index contributed by atoms with van der Waals surface area (Å²) in [6.45, 7) is 0.983. The van der Waals surface area contributed by atoms with Crippen LogP contribution in [0.2, 0.25) is 0 Å². The van der Waals surface area contributed by atoms with Gasteiger partial charge in [-0.25, -0.2) is 12.7 Å². The molecular formula is C18H21N3O3S. The predicted molar refractivity (Wildman–Crippen MR) is 93.6 cm³/mol. The Bertz CT molecular complexity index is 863. The van der Waals surface area contributed by atoms with Crippen LogP contribution in [0.15, 0.2) is 35.3 Å². The standard InChI is InChI=1S/C18H21N3O3S/c22-17-18(20-16(19-17)12-4-2-1-3-5-12)9-8-13-10-21(11-15(13)18)25(23,24)14-6-7-14/h1-5,13-15H,6-11H2,(H,19,20,22)/t13-,15+,18-/m1/s1. The number of hydrogen-bond donors (Lipinski definition) is 1. The lowest BCUT2D eigenvalue weighted by Crippen LogP contribution is -2.45. The third-order valence-electron chi connectivity index (χ3n) is 6.21. The van der Waals surface area contributed by atoms with Gasteiger partial charge in [-0.2, -0.15) is 0 Å². The van der Waals surface area contributed by atoms with Gasteiger partial charge in [0.2, 0.25) is 10.0 Å². The first-order valence-electron chi connectivity index (χ1n) is 8.96. The maximum atomic E-state index is 12.8. The molecular weight excluding hydrogens is 338 g/mol. The number of aliphatic imine (C=N–C) groups is 1. The molecule has 1 N–H and O–H groups in total. The van der Waals surface area contributed by atoms with Crippen molar-refractivity contribution in [1.29, 1.82) is 0 Å². The van der Waals surface area contributed by atoms with Crippen LogP contribution in [0, 0.1) is 11.8 Å². The zero-order valence-corrected chi connectivity index (χ0v) is 14.7. The van der Waals surface area contributed by atoms with E-state index in [4.69, 9.17) is 4.99 Å². The number of carbonyl (C=O) groups excluding carboxylic acids is 1. The number of nitrogens with zero attached hydrogens (tertiary/aromatic N) is 2. The second kappa shape index (κ2) is 5.14. The smallest absolute Gasteiger partial charge is 0.253 e. The molecule has 25 heavy (non-hydrogen) atoms. The molecule has 7 heteroatoms. The van der Waals surface area contributed by atoms with Gasteiger partial charge in [0.15, 0.2) is 0 Å². The zero-order valence-electron chi connectivity index (χ0n) is 13.9. The van der Waals surface area contributed by atoms with E-state index in [1.165, 1.54) is 0 Å². The normalized spacial score (nSPS) is 35.0. The highest BCUT2D eigenvalue weighted by Crippen LogP contribution is 2.50. The number of sulfonamides is 1. The lowest BCUT2D eigenvalue weighted by Gasteiger charge is -2.25. The largest absolute Gasteiger partial charge is 0.308 e. The van der Waals surface area contributed by atoms with Crippen LogP contribution in [0.4, 0.5) is 0 Å².